The Morgan fingerprint density at radius 2 is 2.00 bits per heavy atom. The monoisotopic (exact) mass is 278 g/mol. The largest absolute Gasteiger partial charge is 0.389 e. The first kappa shape index (κ1) is 14.2. The molecule has 0 radical (unpaired) electrons. The van der Waals surface area contributed by atoms with Crippen LogP contribution >= 0.6 is 12.2 Å². The van der Waals surface area contributed by atoms with Crippen molar-refractivity contribution in [1.29, 1.82) is 0 Å². The van der Waals surface area contributed by atoms with E-state index in [-0.39, 0.29) is 0 Å². The van der Waals surface area contributed by atoms with Crippen LogP contribution in [0.25, 0.3) is 0 Å². The Bertz CT molecular complexity index is 481. The summed E-state index contributed by atoms with van der Waals surface area (Å²) in [6.07, 6.45) is 4.08. The van der Waals surface area contributed by atoms with Gasteiger partial charge >= 0.3 is 0 Å². The molecule has 4 nitrogen and oxygen atoms in total. The highest BCUT2D eigenvalue weighted by atomic mass is 32.1. The van der Waals surface area contributed by atoms with E-state index >= 15 is 0 Å². The van der Waals surface area contributed by atoms with Crippen molar-refractivity contribution in [2.75, 3.05) is 5.32 Å². The second-order valence-corrected chi connectivity index (χ2v) is 5.78. The van der Waals surface area contributed by atoms with E-state index in [4.69, 9.17) is 18.0 Å². The highest BCUT2D eigenvalue weighted by Gasteiger charge is 2.27. The molecule has 0 saturated heterocycles. The fourth-order valence-corrected chi connectivity index (χ4v) is 2.97. The number of nitrogens with one attached hydrogen (secondary N) is 1. The molecule has 1 aliphatic carbocycles. The van der Waals surface area contributed by atoms with Crippen LogP contribution in [0, 0.1) is 5.92 Å². The van der Waals surface area contributed by atoms with Crippen molar-refractivity contribution >= 4 is 23.0 Å². The molecule has 104 valence electrons. The van der Waals surface area contributed by atoms with Crippen LogP contribution in [0.15, 0.2) is 0 Å². The zero-order valence-electron chi connectivity index (χ0n) is 11.9. The number of aryl methyl sites for hydroxylation is 1. The van der Waals surface area contributed by atoms with Gasteiger partial charge in [-0.15, -0.1) is 5.10 Å². The van der Waals surface area contributed by atoms with Crippen LogP contribution in [0.2, 0.25) is 0 Å². The molecular weight excluding hydrogens is 256 g/mol. The molecule has 19 heavy (non-hydrogen) atoms. The average Bonchev–Trinajstić information content (AvgIpc) is 2.35. The van der Waals surface area contributed by atoms with Crippen molar-refractivity contribution in [2.45, 2.75) is 52.5 Å². The molecule has 1 aliphatic rings. The standard InChI is InChI=1S/C14H22N4S/c1-4-10-11(5-2)17-18-14(12(10)13(15)19)16-9-6-8(3)7-9/h8-9H,4-7H2,1-3H3,(H2,15,19)(H,16,18). The minimum absolute atomic E-state index is 0.413. The minimum atomic E-state index is 0.413. The van der Waals surface area contributed by atoms with Crippen molar-refractivity contribution < 1.29 is 0 Å². The number of nitrogens with zero attached hydrogens (tertiary/aromatic N) is 2. The maximum atomic E-state index is 5.90. The number of rotatable bonds is 5. The number of nitrogens with two attached hydrogens (primary N) is 1. The third-order valence-corrected chi connectivity index (χ3v) is 4.01. The summed E-state index contributed by atoms with van der Waals surface area (Å²) in [6.45, 7) is 6.44. The molecule has 1 fully saturated rings. The Morgan fingerprint density at radius 3 is 2.47 bits per heavy atom. The molecule has 0 atom stereocenters. The lowest BCUT2D eigenvalue weighted by Crippen LogP contribution is -2.35. The van der Waals surface area contributed by atoms with Crippen molar-refractivity contribution in [3.05, 3.63) is 16.8 Å². The van der Waals surface area contributed by atoms with Gasteiger partial charge in [0, 0.05) is 6.04 Å². The third kappa shape index (κ3) is 2.86. The number of aromatic nitrogens is 2. The Kier molecular flexibility index (Phi) is 4.34. The van der Waals surface area contributed by atoms with Gasteiger partial charge in [-0.2, -0.15) is 5.10 Å². The molecule has 0 bridgehead atoms. The van der Waals surface area contributed by atoms with Crippen molar-refractivity contribution in [3.63, 3.8) is 0 Å². The molecule has 0 spiro atoms. The lowest BCUT2D eigenvalue weighted by molar-refractivity contribution is 0.308. The van der Waals surface area contributed by atoms with E-state index in [1.54, 1.807) is 0 Å². The summed E-state index contributed by atoms with van der Waals surface area (Å²) in [4.78, 5) is 0.413. The van der Waals surface area contributed by atoms with Gasteiger partial charge in [0.2, 0.25) is 0 Å². The van der Waals surface area contributed by atoms with E-state index in [2.05, 4.69) is 36.3 Å². The summed E-state index contributed by atoms with van der Waals surface area (Å²) >= 11 is 5.21. The second-order valence-electron chi connectivity index (χ2n) is 5.34. The van der Waals surface area contributed by atoms with Crippen molar-refractivity contribution in [1.82, 2.24) is 10.2 Å². The number of hydrogen-bond acceptors (Lipinski definition) is 4. The topological polar surface area (TPSA) is 63.8 Å². The SMILES string of the molecule is CCc1nnc(NC2CC(C)C2)c(C(N)=S)c1CC. The van der Waals surface area contributed by atoms with E-state index in [1.807, 2.05) is 0 Å². The molecular formula is C14H22N4S. The van der Waals surface area contributed by atoms with Gasteiger partial charge in [-0.1, -0.05) is 33.0 Å². The molecule has 0 aromatic carbocycles. The van der Waals surface area contributed by atoms with Gasteiger partial charge in [0.05, 0.1) is 11.3 Å². The van der Waals surface area contributed by atoms with Crippen LogP contribution in [0.5, 0.6) is 0 Å². The molecule has 3 N–H and O–H groups in total. The Hall–Kier alpha value is -1.23. The van der Waals surface area contributed by atoms with Gasteiger partial charge in [-0.05, 0) is 37.2 Å². The molecule has 1 heterocycles. The fourth-order valence-electron chi connectivity index (χ4n) is 2.75. The van der Waals surface area contributed by atoms with Gasteiger partial charge in [0.15, 0.2) is 5.82 Å². The van der Waals surface area contributed by atoms with E-state index in [1.165, 1.54) is 12.8 Å². The molecule has 2 rings (SSSR count). The van der Waals surface area contributed by atoms with E-state index in [0.717, 1.165) is 41.4 Å². The van der Waals surface area contributed by atoms with Crippen molar-refractivity contribution in [3.8, 4) is 0 Å². The first-order valence-electron chi connectivity index (χ1n) is 7.01. The quantitative estimate of drug-likeness (QED) is 0.810. The van der Waals surface area contributed by atoms with Crippen LogP contribution in [0.3, 0.4) is 0 Å². The van der Waals surface area contributed by atoms with Gasteiger partial charge in [0.25, 0.3) is 0 Å². The van der Waals surface area contributed by atoms with Gasteiger partial charge in [-0.3, -0.25) is 0 Å². The number of anilines is 1. The first-order valence-corrected chi connectivity index (χ1v) is 7.42. The molecule has 0 aliphatic heterocycles. The van der Waals surface area contributed by atoms with Crippen LogP contribution in [-0.4, -0.2) is 21.2 Å². The highest BCUT2D eigenvalue weighted by molar-refractivity contribution is 7.80. The minimum Gasteiger partial charge on any atom is -0.389 e. The van der Waals surface area contributed by atoms with E-state index in [9.17, 15) is 0 Å². The number of thiocarbonyl (C=S) groups is 1. The number of hydrogen-bond donors (Lipinski definition) is 2. The van der Waals surface area contributed by atoms with Crippen LogP contribution in [-0.2, 0) is 12.8 Å². The summed E-state index contributed by atoms with van der Waals surface area (Å²) in [5, 5.41) is 12.1. The summed E-state index contributed by atoms with van der Waals surface area (Å²) in [7, 11) is 0. The zero-order chi connectivity index (χ0) is 14.0. The summed E-state index contributed by atoms with van der Waals surface area (Å²) in [5.74, 6) is 1.55. The van der Waals surface area contributed by atoms with Crippen LogP contribution < -0.4 is 11.1 Å². The smallest absolute Gasteiger partial charge is 0.159 e. The van der Waals surface area contributed by atoms with Crippen molar-refractivity contribution in [2.24, 2.45) is 11.7 Å². The summed E-state index contributed by atoms with van der Waals surface area (Å²) in [6, 6.07) is 0.481. The zero-order valence-corrected chi connectivity index (χ0v) is 12.7. The fraction of sp³-hybridized carbons (Fsp3) is 0.643. The van der Waals surface area contributed by atoms with E-state index < -0.39 is 0 Å². The van der Waals surface area contributed by atoms with Crippen LogP contribution in [0.1, 0.15) is 50.4 Å². The molecule has 1 aromatic heterocycles. The van der Waals surface area contributed by atoms with Gasteiger partial charge in [0.1, 0.15) is 4.99 Å². The Labute approximate surface area is 120 Å². The van der Waals surface area contributed by atoms with Gasteiger partial charge < -0.3 is 11.1 Å². The van der Waals surface area contributed by atoms with Crippen LogP contribution in [0.4, 0.5) is 5.82 Å². The lowest BCUT2D eigenvalue weighted by Gasteiger charge is -2.34. The predicted molar refractivity (Wildman–Crippen MR) is 82.5 cm³/mol. The van der Waals surface area contributed by atoms with E-state index in [0.29, 0.717) is 11.0 Å². The summed E-state index contributed by atoms with van der Waals surface area (Å²) in [5.41, 5.74) is 8.93. The maximum absolute atomic E-state index is 5.90. The molecule has 1 saturated carbocycles. The second kappa shape index (κ2) is 5.82. The molecule has 0 unspecified atom stereocenters. The summed E-state index contributed by atoms with van der Waals surface area (Å²) < 4.78 is 0. The molecule has 1 aromatic rings. The molecule has 5 heteroatoms. The Morgan fingerprint density at radius 1 is 1.32 bits per heavy atom. The first-order chi connectivity index (χ1) is 9.06. The maximum Gasteiger partial charge on any atom is 0.159 e. The molecule has 0 amide bonds. The predicted octanol–water partition coefficient (Wildman–Crippen LogP) is 2.45. The average molecular weight is 278 g/mol. The normalized spacial score (nSPS) is 21.8. The van der Waals surface area contributed by atoms with Gasteiger partial charge in [-0.25, -0.2) is 0 Å². The lowest BCUT2D eigenvalue weighted by atomic mass is 9.82. The third-order valence-electron chi connectivity index (χ3n) is 3.81. The Balaban J connectivity index is 2.34. The highest BCUT2D eigenvalue weighted by Crippen LogP contribution is 2.30.